The Morgan fingerprint density at radius 2 is 2.50 bits per heavy atom. The van der Waals surface area contributed by atoms with Crippen LogP contribution in [0.2, 0.25) is 0 Å². The van der Waals surface area contributed by atoms with Gasteiger partial charge in [-0.15, -0.1) is 0 Å². The van der Waals surface area contributed by atoms with Crippen molar-refractivity contribution in [1.29, 1.82) is 0 Å². The maximum atomic E-state index is 3.37. The zero-order valence-corrected chi connectivity index (χ0v) is 6.35. The highest BCUT2D eigenvalue weighted by molar-refractivity contribution is 5.78. The molecule has 1 N–H and O–H groups in total. The molecule has 0 saturated carbocycles. The predicted octanol–water partition coefficient (Wildman–Crippen LogP) is 0.00300. The van der Waals surface area contributed by atoms with Gasteiger partial charge >= 0.3 is 0 Å². The van der Waals surface area contributed by atoms with Crippen LogP contribution in [0.5, 0.6) is 0 Å². The molecular formula is C8H13N2+. The molecule has 0 atom stereocenters. The second-order valence-corrected chi connectivity index (χ2v) is 3.10. The van der Waals surface area contributed by atoms with E-state index in [2.05, 4.69) is 23.2 Å². The molecule has 0 amide bonds. The van der Waals surface area contributed by atoms with Crippen molar-refractivity contribution in [3.05, 3.63) is 11.1 Å². The van der Waals surface area contributed by atoms with Crippen LogP contribution >= 0.6 is 0 Å². The van der Waals surface area contributed by atoms with Gasteiger partial charge in [0.15, 0.2) is 12.8 Å². The van der Waals surface area contributed by atoms with E-state index < -0.39 is 0 Å². The second-order valence-electron chi connectivity index (χ2n) is 3.10. The minimum atomic E-state index is 1.11. The number of hydrogen-bond donors (Lipinski definition) is 1. The fraction of sp³-hybridized carbons (Fsp3) is 0.625. The second kappa shape index (κ2) is 2.20. The summed E-state index contributed by atoms with van der Waals surface area (Å²) >= 11 is 0. The lowest BCUT2D eigenvalue weighted by molar-refractivity contribution is -0.479. The largest absolute Gasteiger partial charge is 0.312 e. The Labute approximate surface area is 61.2 Å². The van der Waals surface area contributed by atoms with Gasteiger partial charge in [0.1, 0.15) is 7.05 Å². The molecular weight excluding hydrogens is 124 g/mol. The molecule has 0 spiro atoms. The van der Waals surface area contributed by atoms with Crippen molar-refractivity contribution < 1.29 is 4.58 Å². The maximum absolute atomic E-state index is 3.37. The fourth-order valence-electron chi connectivity index (χ4n) is 1.68. The first-order chi connectivity index (χ1) is 4.86. The van der Waals surface area contributed by atoms with Crippen LogP contribution in [0.15, 0.2) is 11.1 Å². The summed E-state index contributed by atoms with van der Waals surface area (Å²) in [7, 11) is 2.14. The Morgan fingerprint density at radius 3 is 3.30 bits per heavy atom. The molecule has 0 radical (unpaired) electrons. The van der Waals surface area contributed by atoms with Crippen molar-refractivity contribution in [3.8, 4) is 0 Å². The Balaban J connectivity index is 2.22. The minimum absolute atomic E-state index is 1.11. The van der Waals surface area contributed by atoms with E-state index in [1.165, 1.54) is 6.42 Å². The zero-order valence-electron chi connectivity index (χ0n) is 6.35. The van der Waals surface area contributed by atoms with Crippen molar-refractivity contribution >= 4 is 6.21 Å². The number of rotatable bonds is 0. The molecule has 2 heterocycles. The Bertz CT molecular complexity index is 213. The first-order valence-electron chi connectivity index (χ1n) is 3.83. The van der Waals surface area contributed by atoms with Gasteiger partial charge in [-0.1, -0.05) is 0 Å². The molecule has 2 heteroatoms. The highest BCUT2D eigenvalue weighted by Gasteiger charge is 2.21. The third-order valence-corrected chi connectivity index (χ3v) is 2.18. The quantitative estimate of drug-likeness (QED) is 0.464. The Morgan fingerprint density at radius 1 is 1.60 bits per heavy atom. The molecule has 54 valence electrons. The van der Waals surface area contributed by atoms with E-state index in [1.54, 1.807) is 11.1 Å². The van der Waals surface area contributed by atoms with Gasteiger partial charge in [-0.2, -0.15) is 0 Å². The SMILES string of the molecule is C[N+]1=CC2=C(CNCC2)C1. The van der Waals surface area contributed by atoms with E-state index in [-0.39, 0.29) is 0 Å². The molecule has 2 aliphatic heterocycles. The summed E-state index contributed by atoms with van der Waals surface area (Å²) in [6, 6.07) is 0. The number of likely N-dealkylation sites (N-methyl/N-ethyl adjacent to an activating group) is 1. The Kier molecular flexibility index (Phi) is 1.34. The first-order valence-corrected chi connectivity index (χ1v) is 3.83. The van der Waals surface area contributed by atoms with Gasteiger partial charge in [0.25, 0.3) is 0 Å². The smallest absolute Gasteiger partial charge is 0.166 e. The van der Waals surface area contributed by atoms with Crippen LogP contribution in [0.1, 0.15) is 6.42 Å². The van der Waals surface area contributed by atoms with E-state index in [0.29, 0.717) is 0 Å². The van der Waals surface area contributed by atoms with Crippen LogP contribution in [-0.4, -0.2) is 37.5 Å². The normalized spacial score (nSPS) is 24.7. The van der Waals surface area contributed by atoms with Crippen LogP contribution in [0.4, 0.5) is 0 Å². The summed E-state index contributed by atoms with van der Waals surface area (Å²) in [4.78, 5) is 0. The lowest BCUT2D eigenvalue weighted by atomic mass is 10.1. The third-order valence-electron chi connectivity index (χ3n) is 2.18. The van der Waals surface area contributed by atoms with Gasteiger partial charge in [-0.05, 0) is 13.0 Å². The predicted molar refractivity (Wildman–Crippen MR) is 41.6 cm³/mol. The van der Waals surface area contributed by atoms with Crippen molar-refractivity contribution in [3.63, 3.8) is 0 Å². The van der Waals surface area contributed by atoms with Gasteiger partial charge in [0.2, 0.25) is 0 Å². The molecule has 0 aliphatic carbocycles. The average molecular weight is 137 g/mol. The van der Waals surface area contributed by atoms with Crippen molar-refractivity contribution in [2.45, 2.75) is 6.42 Å². The minimum Gasteiger partial charge on any atom is -0.312 e. The molecule has 0 aromatic carbocycles. The van der Waals surface area contributed by atoms with Crippen LogP contribution < -0.4 is 5.32 Å². The van der Waals surface area contributed by atoms with Gasteiger partial charge in [0, 0.05) is 17.7 Å². The van der Waals surface area contributed by atoms with E-state index in [4.69, 9.17) is 0 Å². The van der Waals surface area contributed by atoms with Gasteiger partial charge in [0.05, 0.1) is 0 Å². The van der Waals surface area contributed by atoms with E-state index in [9.17, 15) is 0 Å². The highest BCUT2D eigenvalue weighted by atomic mass is 15.0. The molecule has 2 rings (SSSR count). The molecule has 0 saturated heterocycles. The number of nitrogens with one attached hydrogen (secondary N) is 1. The summed E-state index contributed by atoms with van der Waals surface area (Å²) in [5.74, 6) is 0. The lowest BCUT2D eigenvalue weighted by Gasteiger charge is -2.10. The van der Waals surface area contributed by atoms with E-state index >= 15 is 0 Å². The topological polar surface area (TPSA) is 15.0 Å². The molecule has 0 unspecified atom stereocenters. The summed E-state index contributed by atoms with van der Waals surface area (Å²) in [5.41, 5.74) is 3.16. The summed E-state index contributed by atoms with van der Waals surface area (Å²) in [5, 5.41) is 3.37. The third kappa shape index (κ3) is 0.886. The Hall–Kier alpha value is -0.630. The highest BCUT2D eigenvalue weighted by Crippen LogP contribution is 2.14. The molecule has 0 aromatic heterocycles. The average Bonchev–Trinajstić information content (AvgIpc) is 2.27. The van der Waals surface area contributed by atoms with Crippen LogP contribution in [-0.2, 0) is 0 Å². The van der Waals surface area contributed by atoms with Gasteiger partial charge in [-0.25, -0.2) is 4.58 Å². The first kappa shape index (κ1) is 6.10. The van der Waals surface area contributed by atoms with Gasteiger partial charge in [-0.3, -0.25) is 0 Å². The van der Waals surface area contributed by atoms with Crippen molar-refractivity contribution in [2.24, 2.45) is 0 Å². The van der Waals surface area contributed by atoms with Gasteiger partial charge < -0.3 is 5.32 Å². The standard InChI is InChI=1S/C8H13N2/c1-10-5-7-2-3-9-4-8(7)6-10/h5,9H,2-4,6H2,1H3/q+1. The summed E-state index contributed by atoms with van der Waals surface area (Å²) in [6.45, 7) is 3.40. The molecule has 0 aromatic rings. The summed E-state index contributed by atoms with van der Waals surface area (Å²) < 4.78 is 2.26. The molecule has 10 heavy (non-hydrogen) atoms. The maximum Gasteiger partial charge on any atom is 0.166 e. The van der Waals surface area contributed by atoms with Crippen molar-refractivity contribution in [1.82, 2.24) is 5.32 Å². The van der Waals surface area contributed by atoms with Crippen LogP contribution in [0, 0.1) is 0 Å². The molecule has 2 aliphatic rings. The summed E-state index contributed by atoms with van der Waals surface area (Å²) in [6.07, 6.45) is 3.50. The molecule has 2 nitrogen and oxygen atoms in total. The monoisotopic (exact) mass is 137 g/mol. The zero-order chi connectivity index (χ0) is 6.97. The molecule has 0 bridgehead atoms. The van der Waals surface area contributed by atoms with Crippen LogP contribution in [0.25, 0.3) is 0 Å². The molecule has 0 fully saturated rings. The van der Waals surface area contributed by atoms with E-state index in [1.807, 2.05) is 0 Å². The van der Waals surface area contributed by atoms with Crippen LogP contribution in [0.3, 0.4) is 0 Å². The van der Waals surface area contributed by atoms with E-state index in [0.717, 1.165) is 19.6 Å². The lowest BCUT2D eigenvalue weighted by Crippen LogP contribution is -2.25. The van der Waals surface area contributed by atoms with Crippen molar-refractivity contribution in [2.75, 3.05) is 26.7 Å². The number of nitrogens with zero attached hydrogens (tertiary/aromatic N) is 1. The number of hydrogen-bond acceptors (Lipinski definition) is 1. The fourth-order valence-corrected chi connectivity index (χ4v) is 1.68.